The molecule has 0 fully saturated rings. The molecule has 17 heavy (non-hydrogen) atoms. The molecule has 0 radical (unpaired) electrons. The van der Waals surface area contributed by atoms with Gasteiger partial charge in [-0.3, -0.25) is 0 Å². The monoisotopic (exact) mass is 224 g/mol. The van der Waals surface area contributed by atoms with Crippen LogP contribution in [0.15, 0.2) is 54.6 Å². The van der Waals surface area contributed by atoms with Gasteiger partial charge in [-0.1, -0.05) is 75.4 Å². The van der Waals surface area contributed by atoms with Gasteiger partial charge in [-0.15, -0.1) is 0 Å². The Morgan fingerprint density at radius 3 is 1.94 bits per heavy atom. The van der Waals surface area contributed by atoms with Crippen molar-refractivity contribution in [1.29, 1.82) is 0 Å². The highest BCUT2D eigenvalue weighted by Crippen LogP contribution is 2.32. The fraction of sp³-hybridized carbons (Fsp3) is 0.294. The van der Waals surface area contributed by atoms with E-state index in [1.165, 1.54) is 16.7 Å². The number of benzene rings is 2. The summed E-state index contributed by atoms with van der Waals surface area (Å²) in [6.45, 7) is 6.88. The lowest BCUT2D eigenvalue weighted by molar-refractivity contribution is 0.536. The van der Waals surface area contributed by atoms with Gasteiger partial charge in [0.1, 0.15) is 0 Å². The van der Waals surface area contributed by atoms with Crippen LogP contribution in [0, 0.1) is 5.92 Å². The van der Waals surface area contributed by atoms with Gasteiger partial charge in [0.15, 0.2) is 0 Å². The van der Waals surface area contributed by atoms with Crippen molar-refractivity contribution in [2.24, 2.45) is 5.92 Å². The van der Waals surface area contributed by atoms with Crippen LogP contribution in [0.4, 0.5) is 0 Å². The molecule has 0 saturated carbocycles. The highest BCUT2D eigenvalue weighted by molar-refractivity contribution is 5.67. The molecule has 2 aromatic rings. The first kappa shape index (κ1) is 11.9. The van der Waals surface area contributed by atoms with E-state index >= 15 is 0 Å². The molecular weight excluding hydrogens is 204 g/mol. The molecule has 0 N–H and O–H groups in total. The summed E-state index contributed by atoms with van der Waals surface area (Å²) >= 11 is 0. The van der Waals surface area contributed by atoms with Crippen molar-refractivity contribution in [1.82, 2.24) is 0 Å². The van der Waals surface area contributed by atoms with E-state index in [1.54, 1.807) is 0 Å². The molecule has 0 aromatic heterocycles. The zero-order valence-corrected chi connectivity index (χ0v) is 10.9. The molecule has 2 rings (SSSR count). The molecule has 0 saturated heterocycles. The lowest BCUT2D eigenvalue weighted by Crippen LogP contribution is -2.03. The minimum Gasteiger partial charge on any atom is -0.0622 e. The first-order chi connectivity index (χ1) is 8.20. The Kier molecular flexibility index (Phi) is 3.63. The van der Waals surface area contributed by atoms with Crippen LogP contribution >= 0.6 is 0 Å². The predicted octanol–water partition coefficient (Wildman–Crippen LogP) is 5.11. The second-order valence-electron chi connectivity index (χ2n) is 4.99. The van der Waals surface area contributed by atoms with Crippen molar-refractivity contribution < 1.29 is 0 Å². The topological polar surface area (TPSA) is 0 Å². The second-order valence-corrected chi connectivity index (χ2v) is 4.99. The Hall–Kier alpha value is -1.56. The third-order valence-corrected chi connectivity index (χ3v) is 3.54. The van der Waals surface area contributed by atoms with Crippen LogP contribution in [0.3, 0.4) is 0 Å². The van der Waals surface area contributed by atoms with Crippen LogP contribution in [-0.2, 0) is 0 Å². The molecule has 0 amide bonds. The molecule has 1 atom stereocenters. The number of hydrogen-bond acceptors (Lipinski definition) is 0. The Bertz CT molecular complexity index is 468. The quantitative estimate of drug-likeness (QED) is 0.679. The lowest BCUT2D eigenvalue weighted by atomic mass is 9.85. The van der Waals surface area contributed by atoms with Gasteiger partial charge >= 0.3 is 0 Å². The largest absolute Gasteiger partial charge is 0.0622 e. The first-order valence-corrected chi connectivity index (χ1v) is 6.34. The Balaban J connectivity index is 2.48. The van der Waals surface area contributed by atoms with E-state index in [1.807, 2.05) is 0 Å². The summed E-state index contributed by atoms with van der Waals surface area (Å²) in [5.74, 6) is 1.26. The van der Waals surface area contributed by atoms with Crippen LogP contribution in [0.2, 0.25) is 0 Å². The minimum atomic E-state index is 0.589. The van der Waals surface area contributed by atoms with Crippen molar-refractivity contribution in [3.05, 3.63) is 60.2 Å². The zero-order valence-electron chi connectivity index (χ0n) is 10.9. The molecule has 0 bridgehead atoms. The fourth-order valence-corrected chi connectivity index (χ4v) is 2.13. The van der Waals surface area contributed by atoms with Gasteiger partial charge in [0.25, 0.3) is 0 Å². The first-order valence-electron chi connectivity index (χ1n) is 6.34. The maximum absolute atomic E-state index is 2.31. The van der Waals surface area contributed by atoms with Crippen LogP contribution in [0.25, 0.3) is 11.1 Å². The highest BCUT2D eigenvalue weighted by atomic mass is 14.2. The van der Waals surface area contributed by atoms with Crippen molar-refractivity contribution in [2.45, 2.75) is 26.7 Å². The second kappa shape index (κ2) is 5.18. The van der Waals surface area contributed by atoms with Gasteiger partial charge in [0, 0.05) is 0 Å². The summed E-state index contributed by atoms with van der Waals surface area (Å²) < 4.78 is 0. The highest BCUT2D eigenvalue weighted by Gasteiger charge is 2.14. The molecule has 0 spiro atoms. The molecular formula is C17H20. The van der Waals surface area contributed by atoms with E-state index in [0.29, 0.717) is 11.8 Å². The third kappa shape index (κ3) is 2.58. The molecule has 2 aromatic carbocycles. The van der Waals surface area contributed by atoms with Crippen LogP contribution in [-0.4, -0.2) is 0 Å². The van der Waals surface area contributed by atoms with Crippen LogP contribution < -0.4 is 0 Å². The van der Waals surface area contributed by atoms with Crippen molar-refractivity contribution in [2.75, 3.05) is 0 Å². The van der Waals surface area contributed by atoms with E-state index in [9.17, 15) is 0 Å². The van der Waals surface area contributed by atoms with Gasteiger partial charge < -0.3 is 0 Å². The lowest BCUT2D eigenvalue weighted by Gasteiger charge is -2.19. The smallest absolute Gasteiger partial charge is 0.0149 e. The Morgan fingerprint density at radius 1 is 0.706 bits per heavy atom. The molecule has 0 heteroatoms. The van der Waals surface area contributed by atoms with Crippen LogP contribution in [0.5, 0.6) is 0 Å². The Morgan fingerprint density at radius 2 is 1.29 bits per heavy atom. The van der Waals surface area contributed by atoms with Gasteiger partial charge in [0.2, 0.25) is 0 Å². The Labute approximate surface area is 104 Å². The molecule has 1 unspecified atom stereocenters. The average molecular weight is 224 g/mol. The van der Waals surface area contributed by atoms with Crippen molar-refractivity contribution >= 4 is 0 Å². The van der Waals surface area contributed by atoms with Gasteiger partial charge in [-0.05, 0) is 28.5 Å². The maximum Gasteiger partial charge on any atom is -0.0149 e. The molecule has 0 heterocycles. The van der Waals surface area contributed by atoms with Gasteiger partial charge in [-0.25, -0.2) is 0 Å². The summed E-state index contributed by atoms with van der Waals surface area (Å²) in [4.78, 5) is 0. The normalized spacial score (nSPS) is 12.7. The maximum atomic E-state index is 2.31. The summed E-state index contributed by atoms with van der Waals surface area (Å²) in [6, 6.07) is 19.4. The number of hydrogen-bond donors (Lipinski definition) is 0. The average Bonchev–Trinajstić information content (AvgIpc) is 2.39. The van der Waals surface area contributed by atoms with E-state index in [0.717, 1.165) is 0 Å². The molecule has 88 valence electrons. The van der Waals surface area contributed by atoms with Crippen molar-refractivity contribution in [3.8, 4) is 11.1 Å². The van der Waals surface area contributed by atoms with E-state index in [4.69, 9.17) is 0 Å². The summed E-state index contributed by atoms with van der Waals surface area (Å²) in [5.41, 5.74) is 4.14. The van der Waals surface area contributed by atoms with Crippen LogP contribution in [0.1, 0.15) is 32.3 Å². The zero-order chi connectivity index (χ0) is 12.3. The van der Waals surface area contributed by atoms with Gasteiger partial charge in [-0.2, -0.15) is 0 Å². The molecule has 0 aliphatic carbocycles. The summed E-state index contributed by atoms with van der Waals surface area (Å²) in [5, 5.41) is 0. The summed E-state index contributed by atoms with van der Waals surface area (Å²) in [7, 11) is 0. The minimum absolute atomic E-state index is 0.589. The molecule has 0 aliphatic heterocycles. The molecule has 0 nitrogen and oxygen atoms in total. The van der Waals surface area contributed by atoms with Crippen molar-refractivity contribution in [3.63, 3.8) is 0 Å². The van der Waals surface area contributed by atoms with E-state index in [-0.39, 0.29) is 0 Å². The third-order valence-electron chi connectivity index (χ3n) is 3.54. The van der Waals surface area contributed by atoms with E-state index < -0.39 is 0 Å². The van der Waals surface area contributed by atoms with Gasteiger partial charge in [0.05, 0.1) is 0 Å². The fourth-order valence-electron chi connectivity index (χ4n) is 2.13. The number of rotatable bonds is 3. The summed E-state index contributed by atoms with van der Waals surface area (Å²) in [6.07, 6.45) is 0. The standard InChI is InChI=1S/C17H20/c1-13(2)14(3)16-11-7-8-12-17(16)15-9-5-4-6-10-15/h4-14H,1-3H3. The van der Waals surface area contributed by atoms with E-state index in [2.05, 4.69) is 75.4 Å². The predicted molar refractivity (Wildman–Crippen MR) is 75.1 cm³/mol. The molecule has 0 aliphatic rings. The SMILES string of the molecule is CC(C)C(C)c1ccccc1-c1ccccc1.